The molecule has 0 saturated heterocycles. The highest BCUT2D eigenvalue weighted by Gasteiger charge is 1.97. The van der Waals surface area contributed by atoms with Crippen LogP contribution in [-0.4, -0.2) is 0 Å². The third kappa shape index (κ3) is 9.61. The maximum Gasteiger partial charge on any atom is -0.0282 e. The van der Waals surface area contributed by atoms with Gasteiger partial charge in [-0.2, -0.15) is 0 Å². The van der Waals surface area contributed by atoms with Gasteiger partial charge in [0.2, 0.25) is 0 Å². The minimum absolute atomic E-state index is 1.24. The normalized spacial score (nSPS) is 19.9. The van der Waals surface area contributed by atoms with Gasteiger partial charge in [0.15, 0.2) is 0 Å². The smallest absolute Gasteiger partial charge is 0.0282 e. The highest BCUT2D eigenvalue weighted by Crippen LogP contribution is 2.17. The lowest BCUT2D eigenvalue weighted by atomic mass is 10.0. The Balaban J connectivity index is 0.000000217. The first-order valence-electron chi connectivity index (χ1n) is 8.23. The van der Waals surface area contributed by atoms with Crippen LogP contribution in [0.4, 0.5) is 0 Å². The molecule has 0 fully saturated rings. The zero-order chi connectivity index (χ0) is 14.3. The molecule has 0 aromatic carbocycles. The molecule has 0 spiro atoms. The van der Waals surface area contributed by atoms with E-state index in [4.69, 9.17) is 0 Å². The van der Waals surface area contributed by atoms with Crippen LogP contribution in [0, 0.1) is 0 Å². The Kier molecular flexibility index (Phi) is 10.7. The van der Waals surface area contributed by atoms with Crippen LogP contribution in [0.3, 0.4) is 0 Å². The van der Waals surface area contributed by atoms with Gasteiger partial charge in [-0.05, 0) is 51.4 Å². The van der Waals surface area contributed by atoms with Crippen LogP contribution < -0.4 is 0 Å². The van der Waals surface area contributed by atoms with Crippen molar-refractivity contribution < 1.29 is 0 Å². The minimum atomic E-state index is 1.24. The summed E-state index contributed by atoms with van der Waals surface area (Å²) in [6.07, 6.45) is 30.5. The van der Waals surface area contributed by atoms with E-state index in [1.807, 2.05) is 6.08 Å². The van der Waals surface area contributed by atoms with Gasteiger partial charge in [-0.15, -0.1) is 0 Å². The summed E-state index contributed by atoms with van der Waals surface area (Å²) in [4.78, 5) is 0. The average Bonchev–Trinajstić information content (AvgIpc) is 2.49. The van der Waals surface area contributed by atoms with Crippen molar-refractivity contribution in [1.29, 1.82) is 0 Å². The van der Waals surface area contributed by atoms with E-state index >= 15 is 0 Å². The summed E-state index contributed by atoms with van der Waals surface area (Å²) < 4.78 is 0. The number of hydrogen-bond acceptors (Lipinski definition) is 0. The van der Waals surface area contributed by atoms with Gasteiger partial charge in [0.05, 0.1) is 0 Å². The molecule has 0 heteroatoms. The fraction of sp³-hybridized carbons (Fsp3) is 0.500. The van der Waals surface area contributed by atoms with Crippen molar-refractivity contribution >= 4 is 0 Å². The standard InChI is InChI=1S/C12H18.C8H12/c1-2-4-6-8-10-12-11-9-7-5-3-1;1-2-8-6-4-3-5-7-8/h1-6H,7-12H2;2,6H,1,3-5,7H2. The van der Waals surface area contributed by atoms with Gasteiger partial charge in [0.1, 0.15) is 0 Å². The predicted octanol–water partition coefficient (Wildman–Crippen LogP) is 6.68. The lowest BCUT2D eigenvalue weighted by molar-refractivity contribution is 0.652. The number of hydrogen-bond donors (Lipinski definition) is 0. The fourth-order valence-corrected chi connectivity index (χ4v) is 2.40. The molecule has 2 aliphatic carbocycles. The minimum Gasteiger partial charge on any atom is -0.0988 e. The molecule has 0 N–H and O–H groups in total. The predicted molar refractivity (Wildman–Crippen MR) is 91.9 cm³/mol. The number of rotatable bonds is 1. The van der Waals surface area contributed by atoms with Crippen molar-refractivity contribution in [2.24, 2.45) is 0 Å². The summed E-state index contributed by atoms with van der Waals surface area (Å²) in [6, 6.07) is 0. The summed E-state index contributed by atoms with van der Waals surface area (Å²) in [5, 5.41) is 0. The molecule has 2 rings (SSSR count). The Morgan fingerprint density at radius 1 is 0.700 bits per heavy atom. The molecule has 110 valence electrons. The molecule has 2 aliphatic rings. The van der Waals surface area contributed by atoms with Gasteiger partial charge in [0, 0.05) is 0 Å². The highest BCUT2D eigenvalue weighted by molar-refractivity contribution is 5.17. The van der Waals surface area contributed by atoms with Gasteiger partial charge < -0.3 is 0 Å². The molecule has 0 aliphatic heterocycles. The molecular formula is C20H30. The maximum absolute atomic E-state index is 3.72. The molecule has 0 amide bonds. The van der Waals surface area contributed by atoms with Crippen LogP contribution in [0.15, 0.2) is 60.8 Å². The maximum atomic E-state index is 3.72. The first-order valence-corrected chi connectivity index (χ1v) is 8.23. The summed E-state index contributed by atoms with van der Waals surface area (Å²) in [5.74, 6) is 0. The first kappa shape index (κ1) is 16.8. The lowest BCUT2D eigenvalue weighted by Gasteiger charge is -2.06. The first-order chi connectivity index (χ1) is 9.93. The Hall–Kier alpha value is -1.30. The van der Waals surface area contributed by atoms with Crippen molar-refractivity contribution in [2.75, 3.05) is 0 Å². The van der Waals surface area contributed by atoms with E-state index in [9.17, 15) is 0 Å². The third-order valence-electron chi connectivity index (χ3n) is 3.69. The van der Waals surface area contributed by atoms with E-state index in [0.29, 0.717) is 0 Å². The SMILES string of the molecule is C1=CC=CCCCCCCC=C1.C=CC1=CCCCC1. The van der Waals surface area contributed by atoms with Crippen molar-refractivity contribution in [1.82, 2.24) is 0 Å². The summed E-state index contributed by atoms with van der Waals surface area (Å²) in [7, 11) is 0. The summed E-state index contributed by atoms with van der Waals surface area (Å²) in [6.45, 7) is 3.72. The van der Waals surface area contributed by atoms with E-state index < -0.39 is 0 Å². The zero-order valence-corrected chi connectivity index (χ0v) is 12.9. The number of allylic oxidation sites excluding steroid dienone is 9. The topological polar surface area (TPSA) is 0 Å². The van der Waals surface area contributed by atoms with Gasteiger partial charge in [-0.3, -0.25) is 0 Å². The Labute approximate surface area is 125 Å². The van der Waals surface area contributed by atoms with E-state index in [0.717, 1.165) is 0 Å². The van der Waals surface area contributed by atoms with Crippen LogP contribution in [0.5, 0.6) is 0 Å². The van der Waals surface area contributed by atoms with Crippen molar-refractivity contribution in [3.63, 3.8) is 0 Å². The van der Waals surface area contributed by atoms with Gasteiger partial charge in [-0.1, -0.05) is 73.6 Å². The molecule has 0 heterocycles. The molecule has 20 heavy (non-hydrogen) atoms. The van der Waals surface area contributed by atoms with Crippen molar-refractivity contribution in [2.45, 2.75) is 64.2 Å². The van der Waals surface area contributed by atoms with Crippen LogP contribution in [0.1, 0.15) is 64.2 Å². The molecule has 0 aromatic heterocycles. The second-order valence-electron chi connectivity index (χ2n) is 5.46. The van der Waals surface area contributed by atoms with Gasteiger partial charge >= 0.3 is 0 Å². The van der Waals surface area contributed by atoms with Crippen LogP contribution >= 0.6 is 0 Å². The van der Waals surface area contributed by atoms with Crippen molar-refractivity contribution in [3.8, 4) is 0 Å². The highest BCUT2D eigenvalue weighted by atomic mass is 14.0. The van der Waals surface area contributed by atoms with Crippen LogP contribution in [-0.2, 0) is 0 Å². The van der Waals surface area contributed by atoms with E-state index in [1.165, 1.54) is 69.8 Å². The Morgan fingerprint density at radius 2 is 1.30 bits per heavy atom. The van der Waals surface area contributed by atoms with Gasteiger partial charge in [-0.25, -0.2) is 0 Å². The fourth-order valence-electron chi connectivity index (χ4n) is 2.40. The van der Waals surface area contributed by atoms with Crippen LogP contribution in [0.25, 0.3) is 0 Å². The van der Waals surface area contributed by atoms with Crippen molar-refractivity contribution in [3.05, 3.63) is 60.8 Å². The van der Waals surface area contributed by atoms with Gasteiger partial charge in [0.25, 0.3) is 0 Å². The molecule has 0 nitrogen and oxygen atoms in total. The second kappa shape index (κ2) is 12.7. The lowest BCUT2D eigenvalue weighted by Crippen LogP contribution is -1.86. The largest absolute Gasteiger partial charge is 0.0988 e. The molecule has 0 aromatic rings. The Bertz CT molecular complexity index is 332. The third-order valence-corrected chi connectivity index (χ3v) is 3.69. The average molecular weight is 270 g/mol. The molecule has 0 atom stereocenters. The molecule has 0 radical (unpaired) electrons. The second-order valence-corrected chi connectivity index (χ2v) is 5.46. The van der Waals surface area contributed by atoms with E-state index in [2.05, 4.69) is 49.1 Å². The van der Waals surface area contributed by atoms with Crippen LogP contribution in [0.2, 0.25) is 0 Å². The quantitative estimate of drug-likeness (QED) is 0.498. The Morgan fingerprint density at radius 3 is 1.75 bits per heavy atom. The molecule has 0 saturated carbocycles. The summed E-state index contributed by atoms with van der Waals surface area (Å²) >= 11 is 0. The molecular weight excluding hydrogens is 240 g/mol. The zero-order valence-electron chi connectivity index (χ0n) is 12.9. The molecule has 0 unspecified atom stereocenters. The monoisotopic (exact) mass is 270 g/mol. The van der Waals surface area contributed by atoms with E-state index in [1.54, 1.807) is 0 Å². The summed E-state index contributed by atoms with van der Waals surface area (Å²) in [5.41, 5.74) is 1.44. The van der Waals surface area contributed by atoms with E-state index in [-0.39, 0.29) is 0 Å². The molecule has 0 bridgehead atoms.